The fourth-order valence-electron chi connectivity index (χ4n) is 2.94. The van der Waals surface area contributed by atoms with E-state index in [-0.39, 0.29) is 12.5 Å². The van der Waals surface area contributed by atoms with Crippen LogP contribution < -0.4 is 5.32 Å². The van der Waals surface area contributed by atoms with Crippen LogP contribution in [0.1, 0.15) is 27.6 Å². The van der Waals surface area contributed by atoms with E-state index in [0.717, 1.165) is 11.3 Å². The van der Waals surface area contributed by atoms with Gasteiger partial charge in [-0.1, -0.05) is 0 Å². The summed E-state index contributed by atoms with van der Waals surface area (Å²) in [5, 5.41) is 2.86. The molecule has 0 bridgehead atoms. The molecule has 0 unspecified atom stereocenters. The summed E-state index contributed by atoms with van der Waals surface area (Å²) in [7, 11) is -1.47. The summed E-state index contributed by atoms with van der Waals surface area (Å²) in [5.41, 5.74) is 2.66. The molecule has 1 aliphatic heterocycles. The predicted molar refractivity (Wildman–Crippen MR) is 92.4 cm³/mol. The SMILES string of the molecule is Cn1c(C(=O)NCCc2ccncc2)nc2c1CCN(S(C)(=O)=O)C2. The van der Waals surface area contributed by atoms with E-state index in [9.17, 15) is 13.2 Å². The number of nitrogens with one attached hydrogen (secondary N) is 1. The largest absolute Gasteiger partial charge is 0.349 e. The third-order valence-electron chi connectivity index (χ3n) is 4.34. The number of carbonyl (C=O) groups excluding carboxylic acids is 1. The van der Waals surface area contributed by atoms with E-state index in [0.29, 0.717) is 37.4 Å². The van der Waals surface area contributed by atoms with Crippen LogP contribution in [0.25, 0.3) is 0 Å². The van der Waals surface area contributed by atoms with Crippen LogP contribution in [-0.4, -0.2) is 52.5 Å². The molecular weight excluding hydrogens is 342 g/mol. The Labute approximate surface area is 146 Å². The van der Waals surface area contributed by atoms with Crippen molar-refractivity contribution in [1.82, 2.24) is 24.2 Å². The van der Waals surface area contributed by atoms with Gasteiger partial charge in [0.25, 0.3) is 5.91 Å². The van der Waals surface area contributed by atoms with E-state index in [4.69, 9.17) is 0 Å². The lowest BCUT2D eigenvalue weighted by molar-refractivity contribution is 0.0940. The van der Waals surface area contributed by atoms with Gasteiger partial charge in [-0.25, -0.2) is 13.4 Å². The van der Waals surface area contributed by atoms with Crippen molar-refractivity contribution in [2.75, 3.05) is 19.3 Å². The summed E-state index contributed by atoms with van der Waals surface area (Å²) in [6.07, 6.45) is 5.89. The highest BCUT2D eigenvalue weighted by Gasteiger charge is 2.28. The smallest absolute Gasteiger partial charge is 0.287 e. The van der Waals surface area contributed by atoms with Crippen LogP contribution in [0.5, 0.6) is 0 Å². The molecule has 2 aromatic heterocycles. The molecule has 0 saturated carbocycles. The summed E-state index contributed by atoms with van der Waals surface area (Å²) in [5.74, 6) is 0.0620. The molecule has 1 amide bonds. The van der Waals surface area contributed by atoms with Crippen LogP contribution in [0.2, 0.25) is 0 Å². The Kier molecular flexibility index (Phi) is 4.87. The van der Waals surface area contributed by atoms with Gasteiger partial charge in [-0.05, 0) is 24.1 Å². The first-order chi connectivity index (χ1) is 11.9. The zero-order chi connectivity index (χ0) is 18.0. The second-order valence-corrected chi connectivity index (χ2v) is 8.08. The number of pyridine rings is 1. The van der Waals surface area contributed by atoms with Crippen molar-refractivity contribution in [1.29, 1.82) is 0 Å². The number of nitrogens with zero attached hydrogens (tertiary/aromatic N) is 4. The molecule has 0 aromatic carbocycles. The maximum absolute atomic E-state index is 12.4. The highest BCUT2D eigenvalue weighted by atomic mass is 32.2. The quantitative estimate of drug-likeness (QED) is 0.813. The number of imidazole rings is 1. The van der Waals surface area contributed by atoms with Crippen molar-refractivity contribution in [2.24, 2.45) is 7.05 Å². The number of amides is 1. The van der Waals surface area contributed by atoms with Crippen LogP contribution in [0.4, 0.5) is 0 Å². The lowest BCUT2D eigenvalue weighted by Gasteiger charge is -2.24. The molecule has 1 aliphatic rings. The van der Waals surface area contributed by atoms with E-state index >= 15 is 0 Å². The Morgan fingerprint density at radius 1 is 1.32 bits per heavy atom. The van der Waals surface area contributed by atoms with Gasteiger partial charge in [0.15, 0.2) is 5.82 Å². The summed E-state index contributed by atoms with van der Waals surface area (Å²) < 4.78 is 26.6. The van der Waals surface area contributed by atoms with Crippen molar-refractivity contribution in [3.05, 3.63) is 47.3 Å². The Bertz CT molecular complexity index is 877. The number of hydrogen-bond acceptors (Lipinski definition) is 5. The highest BCUT2D eigenvalue weighted by Crippen LogP contribution is 2.21. The topological polar surface area (TPSA) is 97.2 Å². The van der Waals surface area contributed by atoms with Gasteiger partial charge >= 0.3 is 0 Å². The molecule has 2 aromatic rings. The standard InChI is InChI=1S/C16H21N5O3S/c1-20-14-6-10-21(25(2,23)24)11-13(14)19-15(20)16(22)18-9-5-12-3-7-17-8-4-12/h3-4,7-8H,5-6,9-11H2,1-2H3,(H,18,22). The lowest BCUT2D eigenvalue weighted by Crippen LogP contribution is -2.35. The minimum atomic E-state index is -3.26. The van der Waals surface area contributed by atoms with Crippen LogP contribution in [-0.2, 0) is 36.5 Å². The van der Waals surface area contributed by atoms with E-state index in [1.165, 1.54) is 10.6 Å². The number of hydrogen-bond donors (Lipinski definition) is 1. The van der Waals surface area contributed by atoms with Crippen molar-refractivity contribution >= 4 is 15.9 Å². The zero-order valence-corrected chi connectivity index (χ0v) is 15.1. The molecule has 0 fully saturated rings. The third kappa shape index (κ3) is 3.88. The van der Waals surface area contributed by atoms with E-state index in [1.54, 1.807) is 24.0 Å². The number of carbonyl (C=O) groups is 1. The van der Waals surface area contributed by atoms with Crippen molar-refractivity contribution < 1.29 is 13.2 Å². The summed E-state index contributed by atoms with van der Waals surface area (Å²) in [6.45, 7) is 1.12. The molecule has 134 valence electrons. The summed E-state index contributed by atoms with van der Waals surface area (Å²) in [4.78, 5) is 20.7. The van der Waals surface area contributed by atoms with E-state index < -0.39 is 10.0 Å². The van der Waals surface area contributed by atoms with E-state index in [1.807, 2.05) is 12.1 Å². The molecule has 3 rings (SSSR count). The average molecular weight is 363 g/mol. The minimum Gasteiger partial charge on any atom is -0.349 e. The molecule has 0 aliphatic carbocycles. The zero-order valence-electron chi connectivity index (χ0n) is 14.3. The number of fused-ring (bicyclic) bond motifs is 1. The second kappa shape index (κ2) is 6.93. The van der Waals surface area contributed by atoms with Gasteiger partial charge in [-0.15, -0.1) is 0 Å². The number of rotatable bonds is 5. The first-order valence-electron chi connectivity index (χ1n) is 8.03. The van der Waals surface area contributed by atoms with Gasteiger partial charge in [0, 0.05) is 44.6 Å². The van der Waals surface area contributed by atoms with Gasteiger partial charge in [0.1, 0.15) is 0 Å². The minimum absolute atomic E-state index is 0.215. The first-order valence-corrected chi connectivity index (χ1v) is 9.88. The van der Waals surface area contributed by atoms with Gasteiger partial charge in [-0.3, -0.25) is 9.78 Å². The Morgan fingerprint density at radius 3 is 2.72 bits per heavy atom. The average Bonchev–Trinajstić information content (AvgIpc) is 2.91. The molecule has 0 radical (unpaired) electrons. The Hall–Kier alpha value is -2.26. The van der Waals surface area contributed by atoms with Crippen LogP contribution >= 0.6 is 0 Å². The molecule has 9 heteroatoms. The Balaban J connectivity index is 1.67. The maximum atomic E-state index is 12.4. The normalized spacial score (nSPS) is 15.0. The third-order valence-corrected chi connectivity index (χ3v) is 5.59. The molecule has 8 nitrogen and oxygen atoms in total. The molecule has 3 heterocycles. The highest BCUT2D eigenvalue weighted by molar-refractivity contribution is 7.88. The second-order valence-electron chi connectivity index (χ2n) is 6.10. The van der Waals surface area contributed by atoms with Gasteiger partial charge < -0.3 is 9.88 Å². The maximum Gasteiger partial charge on any atom is 0.287 e. The Morgan fingerprint density at radius 2 is 2.04 bits per heavy atom. The summed E-state index contributed by atoms with van der Waals surface area (Å²) in [6, 6.07) is 3.82. The van der Waals surface area contributed by atoms with Crippen molar-refractivity contribution in [3.8, 4) is 0 Å². The fraction of sp³-hybridized carbons (Fsp3) is 0.438. The van der Waals surface area contributed by atoms with Gasteiger partial charge in [0.2, 0.25) is 10.0 Å². The van der Waals surface area contributed by atoms with Gasteiger partial charge in [-0.2, -0.15) is 4.31 Å². The summed E-state index contributed by atoms with van der Waals surface area (Å²) >= 11 is 0. The van der Waals surface area contributed by atoms with Crippen molar-refractivity contribution in [2.45, 2.75) is 19.4 Å². The monoisotopic (exact) mass is 363 g/mol. The first kappa shape index (κ1) is 17.6. The van der Waals surface area contributed by atoms with Crippen LogP contribution in [0, 0.1) is 0 Å². The number of aromatic nitrogens is 3. The molecule has 0 spiro atoms. The number of sulfonamides is 1. The predicted octanol–water partition coefficient (Wildman–Crippen LogP) is 0.105. The molecular formula is C16H21N5O3S. The molecule has 25 heavy (non-hydrogen) atoms. The van der Waals surface area contributed by atoms with Crippen molar-refractivity contribution in [3.63, 3.8) is 0 Å². The lowest BCUT2D eigenvalue weighted by atomic mass is 10.2. The molecule has 0 saturated heterocycles. The van der Waals surface area contributed by atoms with E-state index in [2.05, 4.69) is 15.3 Å². The molecule has 0 atom stereocenters. The fourth-order valence-corrected chi connectivity index (χ4v) is 3.72. The molecule has 1 N–H and O–H groups in total. The van der Waals surface area contributed by atoms with Crippen LogP contribution in [0.15, 0.2) is 24.5 Å². The van der Waals surface area contributed by atoms with Gasteiger partial charge in [0.05, 0.1) is 18.5 Å². The van der Waals surface area contributed by atoms with Crippen LogP contribution in [0.3, 0.4) is 0 Å².